The molecule has 0 atom stereocenters. The minimum Gasteiger partial charge on any atom is -0.369 e. The smallest absolute Gasteiger partial charge is 0.255 e. The molecule has 2 amide bonds. The van der Waals surface area contributed by atoms with Gasteiger partial charge in [-0.2, -0.15) is 0 Å². The molecule has 0 heterocycles. The maximum absolute atomic E-state index is 13.5. The van der Waals surface area contributed by atoms with Crippen molar-refractivity contribution in [2.45, 2.75) is 4.90 Å². The normalized spacial score (nSPS) is 10.3. The van der Waals surface area contributed by atoms with Gasteiger partial charge in [0, 0.05) is 10.5 Å². The summed E-state index contributed by atoms with van der Waals surface area (Å²) in [6, 6.07) is 11.2. The summed E-state index contributed by atoms with van der Waals surface area (Å²) in [7, 11) is 0. The Morgan fingerprint density at radius 2 is 1.95 bits per heavy atom. The minimum absolute atomic E-state index is 0.111. The monoisotopic (exact) mass is 382 g/mol. The molecule has 0 spiro atoms. The van der Waals surface area contributed by atoms with Gasteiger partial charge in [0.2, 0.25) is 5.91 Å². The summed E-state index contributed by atoms with van der Waals surface area (Å²) in [6.45, 7) is 0. The van der Waals surface area contributed by atoms with Gasteiger partial charge in [-0.15, -0.1) is 11.8 Å². The number of carbonyl (C=O) groups is 2. The molecule has 2 aromatic rings. The fourth-order valence-corrected chi connectivity index (χ4v) is 2.67. The first-order valence-electron chi connectivity index (χ1n) is 6.24. The molecular formula is C15H12BrFN2O2S. The number of hydrogen-bond donors (Lipinski definition) is 2. The van der Waals surface area contributed by atoms with Gasteiger partial charge < -0.3 is 11.1 Å². The number of nitrogens with two attached hydrogens (primary N) is 1. The van der Waals surface area contributed by atoms with Gasteiger partial charge in [-0.3, -0.25) is 9.59 Å². The van der Waals surface area contributed by atoms with Crippen molar-refractivity contribution in [3.63, 3.8) is 0 Å². The van der Waals surface area contributed by atoms with E-state index in [1.165, 1.54) is 23.9 Å². The summed E-state index contributed by atoms with van der Waals surface area (Å²) in [4.78, 5) is 23.8. The molecule has 0 unspecified atom stereocenters. The Morgan fingerprint density at radius 3 is 2.64 bits per heavy atom. The number of carbonyl (C=O) groups excluding carboxylic acids is 2. The van der Waals surface area contributed by atoms with Crippen molar-refractivity contribution in [1.82, 2.24) is 0 Å². The Morgan fingerprint density at radius 1 is 1.23 bits per heavy atom. The van der Waals surface area contributed by atoms with Crippen LogP contribution in [0.25, 0.3) is 0 Å². The predicted molar refractivity (Wildman–Crippen MR) is 88.4 cm³/mol. The molecule has 0 aliphatic rings. The maximum atomic E-state index is 13.5. The second-order valence-corrected chi connectivity index (χ2v) is 6.21. The molecule has 0 saturated heterocycles. The topological polar surface area (TPSA) is 72.2 Å². The summed E-state index contributed by atoms with van der Waals surface area (Å²) in [5, 5.41) is 2.70. The molecule has 7 heteroatoms. The Bertz CT molecular complexity index is 724. The SMILES string of the molecule is NC(=O)CSc1ccccc1NC(=O)c1ccc(Br)c(F)c1. The highest BCUT2D eigenvalue weighted by molar-refractivity contribution is 9.10. The van der Waals surface area contributed by atoms with E-state index in [2.05, 4.69) is 21.2 Å². The summed E-state index contributed by atoms with van der Waals surface area (Å²) < 4.78 is 13.8. The lowest BCUT2D eigenvalue weighted by Crippen LogP contribution is -2.15. The molecule has 0 saturated carbocycles. The van der Waals surface area contributed by atoms with E-state index in [-0.39, 0.29) is 11.3 Å². The quantitative estimate of drug-likeness (QED) is 0.778. The molecule has 0 aromatic heterocycles. The van der Waals surface area contributed by atoms with Gasteiger partial charge in [0.25, 0.3) is 5.91 Å². The van der Waals surface area contributed by atoms with Crippen LogP contribution in [0.5, 0.6) is 0 Å². The van der Waals surface area contributed by atoms with Gasteiger partial charge in [-0.1, -0.05) is 12.1 Å². The third-order valence-electron chi connectivity index (χ3n) is 2.69. The van der Waals surface area contributed by atoms with E-state index in [1.807, 2.05) is 0 Å². The molecule has 0 radical (unpaired) electrons. The maximum Gasteiger partial charge on any atom is 0.255 e. The van der Waals surface area contributed by atoms with Crippen molar-refractivity contribution >= 4 is 45.2 Å². The molecule has 0 aliphatic carbocycles. The number of benzene rings is 2. The average Bonchev–Trinajstić information content (AvgIpc) is 2.49. The van der Waals surface area contributed by atoms with Gasteiger partial charge >= 0.3 is 0 Å². The highest BCUT2D eigenvalue weighted by Gasteiger charge is 2.11. The van der Waals surface area contributed by atoms with Gasteiger partial charge in [0.15, 0.2) is 0 Å². The van der Waals surface area contributed by atoms with Crippen molar-refractivity contribution in [2.75, 3.05) is 11.1 Å². The number of rotatable bonds is 5. The lowest BCUT2D eigenvalue weighted by atomic mass is 10.2. The Hall–Kier alpha value is -1.86. The van der Waals surface area contributed by atoms with E-state index >= 15 is 0 Å². The van der Waals surface area contributed by atoms with Crippen molar-refractivity contribution in [1.29, 1.82) is 0 Å². The van der Waals surface area contributed by atoms with Crippen LogP contribution in [-0.4, -0.2) is 17.6 Å². The fraction of sp³-hybridized carbons (Fsp3) is 0.0667. The lowest BCUT2D eigenvalue weighted by molar-refractivity contribution is -0.115. The molecule has 114 valence electrons. The first-order valence-corrected chi connectivity index (χ1v) is 8.02. The van der Waals surface area contributed by atoms with Crippen molar-refractivity contribution in [2.24, 2.45) is 5.73 Å². The summed E-state index contributed by atoms with van der Waals surface area (Å²) in [5.74, 6) is -1.27. The molecule has 4 nitrogen and oxygen atoms in total. The molecule has 0 aliphatic heterocycles. The lowest BCUT2D eigenvalue weighted by Gasteiger charge is -2.10. The zero-order valence-corrected chi connectivity index (χ0v) is 13.7. The van der Waals surface area contributed by atoms with Crippen LogP contribution in [0.1, 0.15) is 10.4 Å². The number of para-hydroxylation sites is 1. The molecule has 0 fully saturated rings. The third-order valence-corrected chi connectivity index (χ3v) is 4.43. The van der Waals surface area contributed by atoms with Crippen molar-refractivity contribution < 1.29 is 14.0 Å². The van der Waals surface area contributed by atoms with Crippen LogP contribution in [-0.2, 0) is 4.79 Å². The third kappa shape index (κ3) is 4.32. The van der Waals surface area contributed by atoms with E-state index in [0.29, 0.717) is 15.1 Å². The van der Waals surface area contributed by atoms with Crippen LogP contribution in [0.15, 0.2) is 51.8 Å². The van der Waals surface area contributed by atoms with Crippen molar-refractivity contribution in [3.05, 3.63) is 58.3 Å². The van der Waals surface area contributed by atoms with Crippen LogP contribution in [0.4, 0.5) is 10.1 Å². The molecule has 3 N–H and O–H groups in total. The number of amides is 2. The van der Waals surface area contributed by atoms with Gasteiger partial charge in [-0.05, 0) is 46.3 Å². The van der Waals surface area contributed by atoms with Crippen molar-refractivity contribution in [3.8, 4) is 0 Å². The number of halogens is 2. The fourth-order valence-electron chi connectivity index (χ4n) is 1.68. The van der Waals surface area contributed by atoms with E-state index in [1.54, 1.807) is 24.3 Å². The number of nitrogens with one attached hydrogen (secondary N) is 1. The average molecular weight is 383 g/mol. The minimum atomic E-state index is -0.510. The molecule has 0 bridgehead atoms. The molecular weight excluding hydrogens is 371 g/mol. The van der Waals surface area contributed by atoms with Crippen LogP contribution in [0.2, 0.25) is 0 Å². The molecule has 22 heavy (non-hydrogen) atoms. The first-order chi connectivity index (χ1) is 10.5. The number of anilines is 1. The number of thioether (sulfide) groups is 1. The van der Waals surface area contributed by atoms with Gasteiger partial charge in [0.05, 0.1) is 15.9 Å². The zero-order valence-electron chi connectivity index (χ0n) is 11.3. The largest absolute Gasteiger partial charge is 0.369 e. The highest BCUT2D eigenvalue weighted by atomic mass is 79.9. The number of hydrogen-bond acceptors (Lipinski definition) is 3. The molecule has 2 rings (SSSR count). The first kappa shape index (κ1) is 16.5. The van der Waals surface area contributed by atoms with Crippen LogP contribution >= 0.6 is 27.7 Å². The van der Waals surface area contributed by atoms with Crippen LogP contribution < -0.4 is 11.1 Å². The standard InChI is InChI=1S/C15H12BrFN2O2S/c16-10-6-5-9(7-11(10)17)15(21)19-12-3-1-2-4-13(12)22-8-14(18)20/h1-7H,8H2,(H2,18,20)(H,19,21). The van der Waals surface area contributed by atoms with Gasteiger partial charge in [0.1, 0.15) is 5.82 Å². The summed E-state index contributed by atoms with van der Waals surface area (Å²) in [6.07, 6.45) is 0. The summed E-state index contributed by atoms with van der Waals surface area (Å²) in [5.41, 5.74) is 5.87. The van der Waals surface area contributed by atoms with E-state index in [9.17, 15) is 14.0 Å². The van der Waals surface area contributed by atoms with Gasteiger partial charge in [-0.25, -0.2) is 4.39 Å². The molecule has 2 aromatic carbocycles. The second kappa shape index (κ2) is 7.42. The Balaban J connectivity index is 2.17. The Kier molecular flexibility index (Phi) is 5.57. The highest BCUT2D eigenvalue weighted by Crippen LogP contribution is 2.27. The second-order valence-electron chi connectivity index (χ2n) is 4.33. The van der Waals surface area contributed by atoms with E-state index in [4.69, 9.17) is 5.73 Å². The Labute approximate surface area is 139 Å². The zero-order chi connectivity index (χ0) is 16.1. The van der Waals surface area contributed by atoms with E-state index in [0.717, 1.165) is 6.07 Å². The summed E-state index contributed by atoms with van der Waals surface area (Å²) >= 11 is 4.26. The van der Waals surface area contributed by atoms with E-state index < -0.39 is 17.6 Å². The van der Waals surface area contributed by atoms with Crippen LogP contribution in [0, 0.1) is 5.82 Å². The van der Waals surface area contributed by atoms with Crippen LogP contribution in [0.3, 0.4) is 0 Å². The predicted octanol–water partition coefficient (Wildman–Crippen LogP) is 3.42. The number of primary amides is 1.